The van der Waals surface area contributed by atoms with E-state index >= 15 is 0 Å². The van der Waals surface area contributed by atoms with Gasteiger partial charge in [0.15, 0.2) is 0 Å². The predicted molar refractivity (Wildman–Crippen MR) is 97.5 cm³/mol. The van der Waals surface area contributed by atoms with Crippen molar-refractivity contribution in [2.75, 3.05) is 7.11 Å². The Morgan fingerprint density at radius 2 is 1.96 bits per heavy atom. The highest BCUT2D eigenvalue weighted by Gasteiger charge is 2.18. The molecule has 4 heteroatoms. The SMILES string of the molecule is COC(=O)C[C@H](C)c1cn(Cc2ccccc2)c2ccc(Cl)cc12. The molecule has 0 saturated heterocycles. The molecule has 0 aliphatic carbocycles. The zero-order valence-electron chi connectivity index (χ0n) is 13.8. The molecule has 0 bridgehead atoms. The van der Waals surface area contributed by atoms with Gasteiger partial charge < -0.3 is 9.30 Å². The Hall–Kier alpha value is -2.26. The molecule has 3 rings (SSSR count). The number of esters is 1. The van der Waals surface area contributed by atoms with E-state index in [0.29, 0.717) is 11.4 Å². The molecule has 0 spiro atoms. The van der Waals surface area contributed by atoms with Gasteiger partial charge >= 0.3 is 5.97 Å². The van der Waals surface area contributed by atoms with Crippen molar-refractivity contribution in [1.82, 2.24) is 4.57 Å². The Kier molecular flexibility index (Phi) is 4.91. The number of methoxy groups -OCH3 is 1. The van der Waals surface area contributed by atoms with E-state index in [1.54, 1.807) is 0 Å². The summed E-state index contributed by atoms with van der Waals surface area (Å²) in [6, 6.07) is 16.2. The van der Waals surface area contributed by atoms with Crippen molar-refractivity contribution in [1.29, 1.82) is 0 Å². The van der Waals surface area contributed by atoms with E-state index in [4.69, 9.17) is 16.3 Å². The number of rotatable bonds is 5. The first-order valence-electron chi connectivity index (χ1n) is 7.97. The maximum Gasteiger partial charge on any atom is 0.306 e. The molecule has 1 aromatic heterocycles. The maximum absolute atomic E-state index is 11.6. The molecule has 0 N–H and O–H groups in total. The Morgan fingerprint density at radius 1 is 1.21 bits per heavy atom. The van der Waals surface area contributed by atoms with Gasteiger partial charge in [-0.05, 0) is 35.2 Å². The van der Waals surface area contributed by atoms with Gasteiger partial charge in [0, 0.05) is 28.7 Å². The lowest BCUT2D eigenvalue weighted by Crippen LogP contribution is -2.05. The van der Waals surface area contributed by atoms with Gasteiger partial charge in [0.1, 0.15) is 0 Å². The average Bonchev–Trinajstić information content (AvgIpc) is 2.93. The predicted octanol–water partition coefficient (Wildman–Crippen LogP) is 5.01. The molecule has 0 fully saturated rings. The van der Waals surface area contributed by atoms with Crippen LogP contribution in [0.4, 0.5) is 0 Å². The molecule has 0 aliphatic rings. The molecular weight excluding hydrogens is 322 g/mol. The van der Waals surface area contributed by atoms with E-state index in [2.05, 4.69) is 22.9 Å². The molecule has 1 heterocycles. The van der Waals surface area contributed by atoms with Crippen LogP contribution in [0.15, 0.2) is 54.7 Å². The van der Waals surface area contributed by atoms with E-state index in [-0.39, 0.29) is 11.9 Å². The molecule has 3 aromatic rings. The summed E-state index contributed by atoms with van der Waals surface area (Å²) >= 11 is 6.20. The first kappa shape index (κ1) is 16.6. The van der Waals surface area contributed by atoms with Crippen molar-refractivity contribution in [2.24, 2.45) is 0 Å². The number of hydrogen-bond acceptors (Lipinski definition) is 2. The quantitative estimate of drug-likeness (QED) is 0.611. The monoisotopic (exact) mass is 341 g/mol. The number of carbonyl (C=O) groups excluding carboxylic acids is 1. The molecule has 0 radical (unpaired) electrons. The van der Waals surface area contributed by atoms with Crippen LogP contribution in [0.25, 0.3) is 10.9 Å². The van der Waals surface area contributed by atoms with E-state index < -0.39 is 0 Å². The minimum atomic E-state index is -0.200. The number of ether oxygens (including phenoxy) is 1. The molecule has 0 unspecified atom stereocenters. The van der Waals surface area contributed by atoms with E-state index in [1.807, 2.05) is 43.3 Å². The van der Waals surface area contributed by atoms with Crippen molar-refractivity contribution < 1.29 is 9.53 Å². The summed E-state index contributed by atoms with van der Waals surface area (Å²) in [6.45, 7) is 2.82. The molecule has 2 aromatic carbocycles. The van der Waals surface area contributed by atoms with E-state index in [1.165, 1.54) is 12.7 Å². The first-order valence-corrected chi connectivity index (χ1v) is 8.35. The number of hydrogen-bond donors (Lipinski definition) is 0. The van der Waals surface area contributed by atoms with Gasteiger partial charge in [-0.3, -0.25) is 4.79 Å². The largest absolute Gasteiger partial charge is 0.469 e. The van der Waals surface area contributed by atoms with Crippen molar-refractivity contribution >= 4 is 28.5 Å². The topological polar surface area (TPSA) is 31.2 Å². The van der Waals surface area contributed by atoms with Crippen LogP contribution in [-0.2, 0) is 16.1 Å². The van der Waals surface area contributed by atoms with Crippen LogP contribution in [0.2, 0.25) is 5.02 Å². The minimum absolute atomic E-state index is 0.0652. The lowest BCUT2D eigenvalue weighted by molar-refractivity contribution is -0.140. The van der Waals surface area contributed by atoms with Crippen LogP contribution in [0.3, 0.4) is 0 Å². The molecule has 3 nitrogen and oxygen atoms in total. The van der Waals surface area contributed by atoms with Crippen LogP contribution in [0, 0.1) is 0 Å². The third-order valence-corrected chi connectivity index (χ3v) is 4.54. The first-order chi connectivity index (χ1) is 11.6. The highest BCUT2D eigenvalue weighted by atomic mass is 35.5. The Morgan fingerprint density at radius 3 is 2.67 bits per heavy atom. The summed E-state index contributed by atoms with van der Waals surface area (Å²) in [5, 5.41) is 1.79. The average molecular weight is 342 g/mol. The van der Waals surface area contributed by atoms with Crippen molar-refractivity contribution in [2.45, 2.75) is 25.8 Å². The summed E-state index contributed by atoms with van der Waals surface area (Å²) < 4.78 is 7.02. The molecule has 124 valence electrons. The number of aromatic nitrogens is 1. The summed E-state index contributed by atoms with van der Waals surface area (Å²) in [6.07, 6.45) is 2.48. The number of fused-ring (bicyclic) bond motifs is 1. The molecule has 0 amide bonds. The molecule has 0 aliphatic heterocycles. The number of carbonyl (C=O) groups is 1. The van der Waals surface area contributed by atoms with Gasteiger partial charge in [-0.2, -0.15) is 0 Å². The molecule has 0 saturated carbocycles. The van der Waals surface area contributed by atoms with Gasteiger partial charge in [0.25, 0.3) is 0 Å². The van der Waals surface area contributed by atoms with Gasteiger partial charge in [-0.15, -0.1) is 0 Å². The fraction of sp³-hybridized carbons (Fsp3) is 0.250. The highest BCUT2D eigenvalue weighted by Crippen LogP contribution is 2.32. The zero-order chi connectivity index (χ0) is 17.1. The van der Waals surface area contributed by atoms with Crippen LogP contribution in [0.5, 0.6) is 0 Å². The minimum Gasteiger partial charge on any atom is -0.469 e. The maximum atomic E-state index is 11.6. The smallest absolute Gasteiger partial charge is 0.306 e. The van der Waals surface area contributed by atoms with Gasteiger partial charge in [0.05, 0.1) is 13.5 Å². The Labute approximate surface area is 146 Å². The Balaban J connectivity index is 2.02. The standard InChI is InChI=1S/C20H20ClNO2/c1-14(10-20(23)24-2)18-13-22(12-15-6-4-3-5-7-15)19-9-8-16(21)11-17(18)19/h3-9,11,13-14H,10,12H2,1-2H3/t14-/m0/s1. The molecular formula is C20H20ClNO2. The molecule has 24 heavy (non-hydrogen) atoms. The van der Waals surface area contributed by atoms with E-state index in [0.717, 1.165) is 23.0 Å². The molecule has 1 atom stereocenters. The second kappa shape index (κ2) is 7.10. The number of benzene rings is 2. The summed E-state index contributed by atoms with van der Waals surface area (Å²) in [7, 11) is 1.42. The van der Waals surface area contributed by atoms with Gasteiger partial charge in [-0.1, -0.05) is 48.9 Å². The number of halogens is 1. The van der Waals surface area contributed by atoms with Crippen LogP contribution >= 0.6 is 11.6 Å². The van der Waals surface area contributed by atoms with Crippen molar-refractivity contribution in [3.8, 4) is 0 Å². The highest BCUT2D eigenvalue weighted by molar-refractivity contribution is 6.31. The lowest BCUT2D eigenvalue weighted by atomic mass is 9.97. The number of nitrogens with zero attached hydrogens (tertiary/aromatic N) is 1. The third kappa shape index (κ3) is 3.46. The van der Waals surface area contributed by atoms with Crippen molar-refractivity contribution in [3.05, 3.63) is 70.9 Å². The summed E-state index contributed by atoms with van der Waals surface area (Å²) in [4.78, 5) is 11.6. The zero-order valence-corrected chi connectivity index (χ0v) is 14.6. The Bertz CT molecular complexity index is 855. The lowest BCUT2D eigenvalue weighted by Gasteiger charge is -2.09. The van der Waals surface area contributed by atoms with Gasteiger partial charge in [0.2, 0.25) is 0 Å². The second-order valence-electron chi connectivity index (χ2n) is 6.04. The van der Waals surface area contributed by atoms with Crippen molar-refractivity contribution in [3.63, 3.8) is 0 Å². The third-order valence-electron chi connectivity index (χ3n) is 4.30. The summed E-state index contributed by atoms with van der Waals surface area (Å²) in [5.74, 6) is -0.135. The second-order valence-corrected chi connectivity index (χ2v) is 6.48. The fourth-order valence-corrected chi connectivity index (χ4v) is 3.22. The van der Waals surface area contributed by atoms with Crippen LogP contribution in [-0.4, -0.2) is 17.6 Å². The van der Waals surface area contributed by atoms with Crippen LogP contribution in [0.1, 0.15) is 30.4 Å². The normalized spacial score (nSPS) is 12.3. The fourth-order valence-electron chi connectivity index (χ4n) is 3.04. The summed E-state index contributed by atoms with van der Waals surface area (Å²) in [5.41, 5.74) is 3.47. The van der Waals surface area contributed by atoms with E-state index in [9.17, 15) is 4.79 Å². The van der Waals surface area contributed by atoms with Gasteiger partial charge in [-0.25, -0.2) is 0 Å². The van der Waals surface area contributed by atoms with Crippen LogP contribution < -0.4 is 0 Å².